The SMILES string of the molecule is Fc1ccc(C#CCCOCC2OC2c2ccccc2)cc1. The van der Waals surface area contributed by atoms with Crippen molar-refractivity contribution >= 4 is 0 Å². The van der Waals surface area contributed by atoms with Crippen LogP contribution in [-0.4, -0.2) is 19.3 Å². The first kappa shape index (κ1) is 14.8. The molecular formula is C19H17FO2. The van der Waals surface area contributed by atoms with E-state index in [1.54, 1.807) is 12.1 Å². The molecule has 2 aromatic carbocycles. The van der Waals surface area contributed by atoms with Crippen LogP contribution in [0.4, 0.5) is 4.39 Å². The lowest BCUT2D eigenvalue weighted by Crippen LogP contribution is -2.03. The van der Waals surface area contributed by atoms with Crippen molar-refractivity contribution in [2.75, 3.05) is 13.2 Å². The second-order valence-electron chi connectivity index (χ2n) is 5.14. The minimum Gasteiger partial charge on any atom is -0.378 e. The van der Waals surface area contributed by atoms with Crippen LogP contribution in [0.15, 0.2) is 54.6 Å². The van der Waals surface area contributed by atoms with Crippen molar-refractivity contribution in [3.05, 3.63) is 71.5 Å². The van der Waals surface area contributed by atoms with Crippen LogP contribution in [0.5, 0.6) is 0 Å². The van der Waals surface area contributed by atoms with Crippen LogP contribution in [0.3, 0.4) is 0 Å². The van der Waals surface area contributed by atoms with Gasteiger partial charge in [0.15, 0.2) is 0 Å². The Bertz CT molecular complexity index is 655. The molecule has 0 aliphatic carbocycles. The second-order valence-corrected chi connectivity index (χ2v) is 5.14. The summed E-state index contributed by atoms with van der Waals surface area (Å²) >= 11 is 0. The summed E-state index contributed by atoms with van der Waals surface area (Å²) in [5, 5.41) is 0. The van der Waals surface area contributed by atoms with Crippen molar-refractivity contribution in [1.82, 2.24) is 0 Å². The van der Waals surface area contributed by atoms with Gasteiger partial charge in [-0.15, -0.1) is 0 Å². The summed E-state index contributed by atoms with van der Waals surface area (Å²) in [6, 6.07) is 16.3. The molecular weight excluding hydrogens is 279 g/mol. The second kappa shape index (κ2) is 7.22. The van der Waals surface area contributed by atoms with E-state index in [2.05, 4.69) is 24.0 Å². The van der Waals surface area contributed by atoms with Gasteiger partial charge in [-0.2, -0.15) is 0 Å². The third-order valence-corrected chi connectivity index (χ3v) is 3.44. The topological polar surface area (TPSA) is 21.8 Å². The summed E-state index contributed by atoms with van der Waals surface area (Å²) < 4.78 is 23.9. The molecule has 2 atom stereocenters. The Balaban J connectivity index is 1.33. The molecule has 1 fully saturated rings. The van der Waals surface area contributed by atoms with E-state index in [4.69, 9.17) is 9.47 Å². The largest absolute Gasteiger partial charge is 0.378 e. The maximum Gasteiger partial charge on any atom is 0.123 e. The van der Waals surface area contributed by atoms with Gasteiger partial charge in [0.25, 0.3) is 0 Å². The normalized spacial score (nSPS) is 19.3. The number of ether oxygens (including phenoxy) is 2. The maximum absolute atomic E-state index is 12.7. The van der Waals surface area contributed by atoms with Gasteiger partial charge in [0.2, 0.25) is 0 Å². The van der Waals surface area contributed by atoms with Crippen molar-refractivity contribution in [3.63, 3.8) is 0 Å². The minimum absolute atomic E-state index is 0.160. The van der Waals surface area contributed by atoms with Crippen LogP contribution >= 0.6 is 0 Å². The first-order valence-corrected chi connectivity index (χ1v) is 7.35. The van der Waals surface area contributed by atoms with E-state index in [1.807, 2.05) is 18.2 Å². The highest BCUT2D eigenvalue weighted by molar-refractivity contribution is 5.33. The summed E-state index contributed by atoms with van der Waals surface area (Å²) in [7, 11) is 0. The standard InChI is InChI=1S/C19H17FO2/c20-17-11-9-15(10-12-17)6-4-5-13-21-14-18-19(22-18)16-7-2-1-3-8-16/h1-3,7-12,18-19H,5,13-14H2. The summed E-state index contributed by atoms with van der Waals surface area (Å²) in [4.78, 5) is 0. The van der Waals surface area contributed by atoms with Crippen LogP contribution in [0.25, 0.3) is 0 Å². The highest BCUT2D eigenvalue weighted by Crippen LogP contribution is 2.38. The molecule has 0 bridgehead atoms. The molecule has 0 N–H and O–H groups in total. The molecule has 3 heteroatoms. The molecule has 0 spiro atoms. The fraction of sp³-hybridized carbons (Fsp3) is 0.263. The highest BCUT2D eigenvalue weighted by Gasteiger charge is 2.39. The van der Waals surface area contributed by atoms with Gasteiger partial charge >= 0.3 is 0 Å². The number of epoxide rings is 1. The van der Waals surface area contributed by atoms with E-state index in [9.17, 15) is 4.39 Å². The van der Waals surface area contributed by atoms with Gasteiger partial charge in [-0.25, -0.2) is 4.39 Å². The molecule has 0 radical (unpaired) electrons. The molecule has 1 heterocycles. The van der Waals surface area contributed by atoms with Crippen LogP contribution in [0, 0.1) is 17.7 Å². The van der Waals surface area contributed by atoms with Crippen molar-refractivity contribution in [3.8, 4) is 11.8 Å². The van der Waals surface area contributed by atoms with Gasteiger partial charge in [-0.05, 0) is 29.8 Å². The van der Waals surface area contributed by atoms with Gasteiger partial charge in [-0.3, -0.25) is 0 Å². The molecule has 112 valence electrons. The quantitative estimate of drug-likeness (QED) is 0.476. The average molecular weight is 296 g/mol. The van der Waals surface area contributed by atoms with Gasteiger partial charge in [0.05, 0.1) is 13.2 Å². The van der Waals surface area contributed by atoms with Gasteiger partial charge < -0.3 is 9.47 Å². The smallest absolute Gasteiger partial charge is 0.123 e. The maximum atomic E-state index is 12.7. The Morgan fingerprint density at radius 2 is 1.82 bits per heavy atom. The Hall–Kier alpha value is -2.15. The molecule has 22 heavy (non-hydrogen) atoms. The zero-order valence-electron chi connectivity index (χ0n) is 12.2. The monoisotopic (exact) mass is 296 g/mol. The van der Waals surface area contributed by atoms with Gasteiger partial charge in [-0.1, -0.05) is 42.2 Å². The lowest BCUT2D eigenvalue weighted by Gasteiger charge is -1.98. The van der Waals surface area contributed by atoms with E-state index in [-0.39, 0.29) is 18.0 Å². The molecule has 1 saturated heterocycles. The Morgan fingerprint density at radius 1 is 1.05 bits per heavy atom. The van der Waals surface area contributed by atoms with Gasteiger partial charge in [0, 0.05) is 12.0 Å². The van der Waals surface area contributed by atoms with E-state index >= 15 is 0 Å². The molecule has 2 unspecified atom stereocenters. The summed E-state index contributed by atoms with van der Waals surface area (Å²) in [6.07, 6.45) is 0.985. The van der Waals surface area contributed by atoms with E-state index in [0.717, 1.165) is 5.56 Å². The molecule has 0 amide bonds. The molecule has 1 aliphatic heterocycles. The Kier molecular flexibility index (Phi) is 4.85. The van der Waals surface area contributed by atoms with E-state index < -0.39 is 0 Å². The zero-order valence-corrected chi connectivity index (χ0v) is 12.2. The lowest BCUT2D eigenvalue weighted by atomic mass is 10.1. The van der Waals surface area contributed by atoms with E-state index in [0.29, 0.717) is 19.6 Å². The fourth-order valence-electron chi connectivity index (χ4n) is 2.23. The summed E-state index contributed by atoms with van der Waals surface area (Å²) in [5.74, 6) is 5.76. The number of halogens is 1. The van der Waals surface area contributed by atoms with E-state index in [1.165, 1.54) is 17.7 Å². The number of rotatable bonds is 5. The summed E-state index contributed by atoms with van der Waals surface area (Å²) in [6.45, 7) is 1.17. The summed E-state index contributed by atoms with van der Waals surface area (Å²) in [5.41, 5.74) is 2.02. The van der Waals surface area contributed by atoms with Gasteiger partial charge in [0.1, 0.15) is 18.0 Å². The van der Waals surface area contributed by atoms with Crippen molar-refractivity contribution in [2.45, 2.75) is 18.6 Å². The molecule has 0 saturated carbocycles. The average Bonchev–Trinajstić information content (AvgIpc) is 3.33. The molecule has 2 nitrogen and oxygen atoms in total. The molecule has 0 aromatic heterocycles. The Morgan fingerprint density at radius 3 is 2.59 bits per heavy atom. The van der Waals surface area contributed by atoms with Crippen molar-refractivity contribution < 1.29 is 13.9 Å². The zero-order chi connectivity index (χ0) is 15.2. The van der Waals surface area contributed by atoms with Crippen LogP contribution in [-0.2, 0) is 9.47 Å². The fourth-order valence-corrected chi connectivity index (χ4v) is 2.23. The lowest BCUT2D eigenvalue weighted by molar-refractivity contribution is 0.121. The molecule has 2 aromatic rings. The number of hydrogen-bond donors (Lipinski definition) is 0. The van der Waals surface area contributed by atoms with Crippen molar-refractivity contribution in [2.24, 2.45) is 0 Å². The minimum atomic E-state index is -0.244. The molecule has 3 rings (SSSR count). The molecule has 1 aliphatic rings. The van der Waals surface area contributed by atoms with Crippen molar-refractivity contribution in [1.29, 1.82) is 0 Å². The first-order chi connectivity index (χ1) is 10.8. The van der Waals surface area contributed by atoms with Crippen LogP contribution < -0.4 is 0 Å². The third kappa shape index (κ3) is 4.17. The first-order valence-electron chi connectivity index (χ1n) is 7.35. The number of benzene rings is 2. The third-order valence-electron chi connectivity index (χ3n) is 3.44. The van der Waals surface area contributed by atoms with Crippen LogP contribution in [0.1, 0.15) is 23.7 Å². The predicted octanol–water partition coefficient (Wildman–Crippen LogP) is 3.72. The Labute approximate surface area is 129 Å². The predicted molar refractivity (Wildman–Crippen MR) is 82.8 cm³/mol. The van der Waals surface area contributed by atoms with Crippen LogP contribution in [0.2, 0.25) is 0 Å². The highest BCUT2D eigenvalue weighted by atomic mass is 19.1. The number of hydrogen-bond acceptors (Lipinski definition) is 2.